The number of hydrogen-bond acceptors (Lipinski definition) is 2. The van der Waals surface area contributed by atoms with Crippen molar-refractivity contribution in [3.05, 3.63) is 53.3 Å². The Morgan fingerprint density at radius 2 is 2.00 bits per heavy atom. The Morgan fingerprint density at radius 3 is 2.56 bits per heavy atom. The van der Waals surface area contributed by atoms with Gasteiger partial charge in [-0.25, -0.2) is 0 Å². The molecule has 0 bridgehead atoms. The van der Waals surface area contributed by atoms with Crippen LogP contribution in [0.15, 0.2) is 36.4 Å². The van der Waals surface area contributed by atoms with Gasteiger partial charge in [0.25, 0.3) is 0 Å². The van der Waals surface area contributed by atoms with E-state index in [2.05, 4.69) is 53.7 Å². The van der Waals surface area contributed by atoms with Crippen LogP contribution in [0.25, 0.3) is 0 Å². The maximum atomic E-state index is 4.44. The summed E-state index contributed by atoms with van der Waals surface area (Å²) in [5, 5.41) is 8.04. The minimum absolute atomic E-state index is 0.220. The Kier molecular flexibility index (Phi) is 4.15. The first-order chi connectivity index (χ1) is 8.72. The lowest BCUT2D eigenvalue weighted by molar-refractivity contribution is 0.553. The fourth-order valence-electron chi connectivity index (χ4n) is 2.23. The molecule has 0 amide bonds. The maximum Gasteiger partial charge on any atom is 0.0748 e. The van der Waals surface area contributed by atoms with Crippen molar-refractivity contribution in [1.29, 1.82) is 0 Å². The van der Waals surface area contributed by atoms with Crippen molar-refractivity contribution in [2.24, 2.45) is 7.05 Å². The molecule has 0 saturated carbocycles. The summed E-state index contributed by atoms with van der Waals surface area (Å²) < 4.78 is 1.97. The third-order valence-corrected chi connectivity index (χ3v) is 3.07. The van der Waals surface area contributed by atoms with Gasteiger partial charge in [-0.2, -0.15) is 5.10 Å². The molecular weight excluding hydrogens is 222 g/mol. The van der Waals surface area contributed by atoms with Gasteiger partial charge < -0.3 is 5.32 Å². The maximum absolute atomic E-state index is 4.44. The zero-order valence-corrected chi connectivity index (χ0v) is 11.4. The Labute approximate surface area is 109 Å². The number of aryl methyl sites for hydroxylation is 2. The summed E-state index contributed by atoms with van der Waals surface area (Å²) in [6, 6.07) is 12.9. The summed E-state index contributed by atoms with van der Waals surface area (Å²) in [4.78, 5) is 0. The van der Waals surface area contributed by atoms with Gasteiger partial charge in [-0.15, -0.1) is 0 Å². The van der Waals surface area contributed by atoms with Crippen LogP contribution in [-0.2, 0) is 7.05 Å². The zero-order chi connectivity index (χ0) is 13.0. The van der Waals surface area contributed by atoms with Crippen LogP contribution in [0.2, 0.25) is 0 Å². The molecular formula is C15H21N3. The van der Waals surface area contributed by atoms with Gasteiger partial charge in [-0.1, -0.05) is 37.3 Å². The van der Waals surface area contributed by atoms with Crippen LogP contribution in [0.1, 0.15) is 36.3 Å². The average Bonchev–Trinajstić information content (AvgIpc) is 2.70. The van der Waals surface area contributed by atoms with Crippen LogP contribution in [0, 0.1) is 6.92 Å². The number of hydrogen-bond donors (Lipinski definition) is 1. The van der Waals surface area contributed by atoms with Crippen LogP contribution in [0.3, 0.4) is 0 Å². The predicted octanol–water partition coefficient (Wildman–Crippen LogP) is 2.82. The van der Waals surface area contributed by atoms with E-state index in [-0.39, 0.29) is 6.04 Å². The summed E-state index contributed by atoms with van der Waals surface area (Å²) in [5.74, 6) is 0. The monoisotopic (exact) mass is 243 g/mol. The molecule has 0 radical (unpaired) electrons. The van der Waals surface area contributed by atoms with Gasteiger partial charge in [-0.3, -0.25) is 4.68 Å². The molecule has 0 fully saturated rings. The van der Waals surface area contributed by atoms with Gasteiger partial charge >= 0.3 is 0 Å². The van der Waals surface area contributed by atoms with Crippen LogP contribution < -0.4 is 5.32 Å². The lowest BCUT2D eigenvalue weighted by Crippen LogP contribution is -2.25. The first kappa shape index (κ1) is 12.8. The second-order valence-electron chi connectivity index (χ2n) is 4.63. The topological polar surface area (TPSA) is 29.9 Å². The molecule has 1 N–H and O–H groups in total. The number of nitrogens with one attached hydrogen (secondary N) is 1. The minimum atomic E-state index is 0.220. The SMILES string of the molecule is CCCNC(c1ccccc1)c1cc(C)nn1C. The molecule has 0 spiro atoms. The van der Waals surface area contributed by atoms with Gasteiger partial charge in [0.05, 0.1) is 17.4 Å². The molecule has 1 aromatic heterocycles. The van der Waals surface area contributed by atoms with Gasteiger partial charge in [0.2, 0.25) is 0 Å². The van der Waals surface area contributed by atoms with Crippen LogP contribution >= 0.6 is 0 Å². The summed E-state index contributed by atoms with van der Waals surface area (Å²) in [6.07, 6.45) is 1.13. The average molecular weight is 243 g/mol. The third kappa shape index (κ3) is 2.79. The molecule has 3 heteroatoms. The van der Waals surface area contributed by atoms with E-state index in [1.807, 2.05) is 18.7 Å². The lowest BCUT2D eigenvalue weighted by atomic mass is 10.0. The van der Waals surface area contributed by atoms with E-state index >= 15 is 0 Å². The first-order valence-corrected chi connectivity index (χ1v) is 6.51. The van der Waals surface area contributed by atoms with Gasteiger partial charge in [0.15, 0.2) is 0 Å². The molecule has 0 saturated heterocycles. The van der Waals surface area contributed by atoms with Crippen LogP contribution in [-0.4, -0.2) is 16.3 Å². The summed E-state index contributed by atoms with van der Waals surface area (Å²) >= 11 is 0. The molecule has 1 aromatic carbocycles. The minimum Gasteiger partial charge on any atom is -0.305 e. The number of rotatable bonds is 5. The molecule has 0 aliphatic heterocycles. The predicted molar refractivity (Wildman–Crippen MR) is 74.5 cm³/mol. The van der Waals surface area contributed by atoms with Crippen molar-refractivity contribution in [2.75, 3.05) is 6.54 Å². The highest BCUT2D eigenvalue weighted by Crippen LogP contribution is 2.22. The van der Waals surface area contributed by atoms with Crippen molar-refractivity contribution >= 4 is 0 Å². The molecule has 1 atom stereocenters. The molecule has 0 aliphatic rings. The highest BCUT2D eigenvalue weighted by molar-refractivity contribution is 5.28. The van der Waals surface area contributed by atoms with E-state index in [1.165, 1.54) is 11.3 Å². The second-order valence-corrected chi connectivity index (χ2v) is 4.63. The van der Waals surface area contributed by atoms with Crippen molar-refractivity contribution in [1.82, 2.24) is 15.1 Å². The van der Waals surface area contributed by atoms with E-state index in [4.69, 9.17) is 0 Å². The third-order valence-electron chi connectivity index (χ3n) is 3.07. The Bertz CT molecular complexity index is 488. The highest BCUT2D eigenvalue weighted by Gasteiger charge is 2.17. The van der Waals surface area contributed by atoms with E-state index < -0.39 is 0 Å². The van der Waals surface area contributed by atoms with Crippen molar-refractivity contribution in [3.63, 3.8) is 0 Å². The van der Waals surface area contributed by atoms with E-state index in [1.54, 1.807) is 0 Å². The number of nitrogens with zero attached hydrogens (tertiary/aromatic N) is 2. The fourth-order valence-corrected chi connectivity index (χ4v) is 2.23. The summed E-state index contributed by atoms with van der Waals surface area (Å²) in [7, 11) is 2.01. The quantitative estimate of drug-likeness (QED) is 0.875. The fraction of sp³-hybridized carbons (Fsp3) is 0.400. The Morgan fingerprint density at radius 1 is 1.28 bits per heavy atom. The molecule has 1 heterocycles. The summed E-state index contributed by atoms with van der Waals surface area (Å²) in [6.45, 7) is 5.22. The van der Waals surface area contributed by atoms with Gasteiger partial charge in [0, 0.05) is 7.05 Å². The normalized spacial score (nSPS) is 12.6. The van der Waals surface area contributed by atoms with Crippen LogP contribution in [0.5, 0.6) is 0 Å². The molecule has 2 aromatic rings. The van der Waals surface area contributed by atoms with Crippen molar-refractivity contribution in [3.8, 4) is 0 Å². The Balaban J connectivity index is 2.34. The lowest BCUT2D eigenvalue weighted by Gasteiger charge is -2.19. The largest absolute Gasteiger partial charge is 0.305 e. The second kappa shape index (κ2) is 5.83. The van der Waals surface area contributed by atoms with Gasteiger partial charge in [0.1, 0.15) is 0 Å². The van der Waals surface area contributed by atoms with Crippen molar-refractivity contribution in [2.45, 2.75) is 26.3 Å². The van der Waals surface area contributed by atoms with E-state index in [9.17, 15) is 0 Å². The molecule has 0 aliphatic carbocycles. The standard InChI is InChI=1S/C15H21N3/c1-4-10-16-15(13-8-6-5-7-9-13)14-11-12(2)17-18(14)3/h5-9,11,15-16H,4,10H2,1-3H3. The van der Waals surface area contributed by atoms with E-state index in [0.29, 0.717) is 0 Å². The van der Waals surface area contributed by atoms with Gasteiger partial charge in [-0.05, 0) is 31.5 Å². The highest BCUT2D eigenvalue weighted by atomic mass is 15.3. The smallest absolute Gasteiger partial charge is 0.0748 e. The zero-order valence-electron chi connectivity index (χ0n) is 11.4. The number of benzene rings is 1. The van der Waals surface area contributed by atoms with Crippen LogP contribution in [0.4, 0.5) is 0 Å². The molecule has 18 heavy (non-hydrogen) atoms. The molecule has 3 nitrogen and oxygen atoms in total. The molecule has 1 unspecified atom stereocenters. The van der Waals surface area contributed by atoms with E-state index in [0.717, 1.165) is 18.7 Å². The first-order valence-electron chi connectivity index (χ1n) is 6.51. The summed E-state index contributed by atoms with van der Waals surface area (Å²) in [5.41, 5.74) is 3.56. The molecule has 2 rings (SSSR count). The number of aromatic nitrogens is 2. The van der Waals surface area contributed by atoms with Crippen molar-refractivity contribution < 1.29 is 0 Å². The molecule has 96 valence electrons. The Hall–Kier alpha value is -1.61.